The summed E-state index contributed by atoms with van der Waals surface area (Å²) in [6, 6.07) is 9.70. The number of nitrogens with zero attached hydrogens (tertiary/aromatic N) is 2. The summed E-state index contributed by atoms with van der Waals surface area (Å²) >= 11 is 5.85. The first-order valence-corrected chi connectivity index (χ1v) is 5.48. The van der Waals surface area contributed by atoms with Crippen molar-refractivity contribution >= 4 is 28.3 Å². The van der Waals surface area contributed by atoms with Crippen LogP contribution < -0.4 is 5.73 Å². The normalized spacial score (nSPS) is 10.9. The number of nitrogens with one attached hydrogen (secondary N) is 1. The first kappa shape index (κ1) is 10.1. The van der Waals surface area contributed by atoms with E-state index >= 15 is 0 Å². The molecule has 0 saturated carbocycles. The van der Waals surface area contributed by atoms with Crippen molar-refractivity contribution in [3.8, 4) is 11.1 Å². The Morgan fingerprint density at radius 3 is 2.82 bits per heavy atom. The van der Waals surface area contributed by atoms with Gasteiger partial charge in [-0.2, -0.15) is 0 Å². The lowest BCUT2D eigenvalue weighted by atomic mass is 10.1. The van der Waals surface area contributed by atoms with Crippen molar-refractivity contribution in [3.05, 3.63) is 41.7 Å². The second-order valence-corrected chi connectivity index (χ2v) is 4.10. The van der Waals surface area contributed by atoms with Crippen LogP contribution in [0, 0.1) is 0 Å². The highest BCUT2D eigenvalue weighted by molar-refractivity contribution is 6.29. The Morgan fingerprint density at radius 2 is 1.94 bits per heavy atom. The largest absolute Gasteiger partial charge is 0.382 e. The molecule has 2 heterocycles. The molecule has 3 rings (SSSR count). The number of halogens is 1. The highest BCUT2D eigenvalue weighted by Gasteiger charge is 2.10. The number of aromatic amines is 1. The lowest BCUT2D eigenvalue weighted by Crippen LogP contribution is -1.96. The maximum Gasteiger partial charge on any atom is 0.154 e. The van der Waals surface area contributed by atoms with E-state index in [1.165, 1.54) is 0 Å². The summed E-state index contributed by atoms with van der Waals surface area (Å²) in [4.78, 5) is 3.19. The summed E-state index contributed by atoms with van der Waals surface area (Å²) in [7, 11) is 0. The number of nitrogens with two attached hydrogens (primary N) is 1. The van der Waals surface area contributed by atoms with Crippen LogP contribution in [0.5, 0.6) is 0 Å². The van der Waals surface area contributed by atoms with Gasteiger partial charge in [0.05, 0.1) is 0 Å². The van der Waals surface area contributed by atoms with E-state index in [0.717, 1.165) is 22.0 Å². The molecule has 4 nitrogen and oxygen atoms in total. The molecule has 0 atom stereocenters. The van der Waals surface area contributed by atoms with E-state index in [9.17, 15) is 0 Å². The van der Waals surface area contributed by atoms with Gasteiger partial charge in [-0.05, 0) is 12.1 Å². The molecule has 0 unspecified atom stereocenters. The molecular formula is C12H9ClN4. The summed E-state index contributed by atoms with van der Waals surface area (Å²) in [5.74, 6) is 0.374. The van der Waals surface area contributed by atoms with Gasteiger partial charge in [0.1, 0.15) is 0 Å². The van der Waals surface area contributed by atoms with Gasteiger partial charge in [0.15, 0.2) is 11.0 Å². The zero-order valence-corrected chi connectivity index (χ0v) is 9.57. The third-order valence-electron chi connectivity index (χ3n) is 2.67. The van der Waals surface area contributed by atoms with Gasteiger partial charge in [-0.15, -0.1) is 10.2 Å². The molecule has 1 aromatic carbocycles. The highest BCUT2D eigenvalue weighted by atomic mass is 35.5. The second-order valence-electron chi connectivity index (χ2n) is 3.71. The van der Waals surface area contributed by atoms with Crippen molar-refractivity contribution in [2.75, 3.05) is 5.73 Å². The van der Waals surface area contributed by atoms with Crippen molar-refractivity contribution in [1.82, 2.24) is 15.2 Å². The Labute approximate surface area is 102 Å². The van der Waals surface area contributed by atoms with Gasteiger partial charge in [0.25, 0.3) is 0 Å². The molecule has 0 aliphatic rings. The number of fused-ring (bicyclic) bond motifs is 1. The number of rotatable bonds is 1. The fraction of sp³-hybridized carbons (Fsp3) is 0. The number of aromatic nitrogens is 3. The number of hydrogen-bond acceptors (Lipinski definition) is 3. The predicted molar refractivity (Wildman–Crippen MR) is 68.7 cm³/mol. The molecule has 3 aromatic rings. The van der Waals surface area contributed by atoms with E-state index in [0.29, 0.717) is 11.0 Å². The summed E-state index contributed by atoms with van der Waals surface area (Å²) < 4.78 is 0. The van der Waals surface area contributed by atoms with Gasteiger partial charge >= 0.3 is 0 Å². The van der Waals surface area contributed by atoms with Crippen LogP contribution in [-0.4, -0.2) is 15.2 Å². The van der Waals surface area contributed by atoms with E-state index in [-0.39, 0.29) is 0 Å². The molecule has 0 amide bonds. The molecule has 2 aromatic heterocycles. The average molecular weight is 245 g/mol. The zero-order chi connectivity index (χ0) is 11.8. The molecule has 0 spiro atoms. The molecule has 0 radical (unpaired) electrons. The van der Waals surface area contributed by atoms with Gasteiger partial charge < -0.3 is 10.7 Å². The van der Waals surface area contributed by atoms with E-state index in [2.05, 4.69) is 15.2 Å². The number of anilines is 1. The monoisotopic (exact) mass is 244 g/mol. The van der Waals surface area contributed by atoms with Crippen molar-refractivity contribution in [3.63, 3.8) is 0 Å². The van der Waals surface area contributed by atoms with Crippen molar-refractivity contribution < 1.29 is 0 Å². The minimum atomic E-state index is 0.333. The van der Waals surface area contributed by atoms with Gasteiger partial charge in [0.2, 0.25) is 0 Å². The Morgan fingerprint density at radius 1 is 1.12 bits per heavy atom. The van der Waals surface area contributed by atoms with Crippen LogP contribution in [0.4, 0.5) is 5.82 Å². The highest BCUT2D eigenvalue weighted by Crippen LogP contribution is 2.32. The summed E-state index contributed by atoms with van der Waals surface area (Å²) in [5.41, 5.74) is 8.65. The molecule has 17 heavy (non-hydrogen) atoms. The van der Waals surface area contributed by atoms with Gasteiger partial charge in [0, 0.05) is 28.2 Å². The summed E-state index contributed by atoms with van der Waals surface area (Å²) in [6.07, 6.45) is 1.90. The lowest BCUT2D eigenvalue weighted by Gasteiger charge is -2.02. The smallest absolute Gasteiger partial charge is 0.154 e. The molecule has 3 N–H and O–H groups in total. The maximum absolute atomic E-state index is 5.85. The topological polar surface area (TPSA) is 67.6 Å². The van der Waals surface area contributed by atoms with Crippen molar-refractivity contribution in [1.29, 1.82) is 0 Å². The van der Waals surface area contributed by atoms with Gasteiger partial charge in [-0.1, -0.05) is 29.8 Å². The SMILES string of the molecule is Nc1nnc(Cl)cc1-c1c[nH]c2ccccc12. The lowest BCUT2D eigenvalue weighted by molar-refractivity contribution is 1.04. The minimum Gasteiger partial charge on any atom is -0.382 e. The van der Waals surface area contributed by atoms with Crippen LogP contribution in [0.25, 0.3) is 22.0 Å². The molecule has 0 fully saturated rings. The van der Waals surface area contributed by atoms with E-state index < -0.39 is 0 Å². The predicted octanol–water partition coefficient (Wildman–Crippen LogP) is 2.86. The van der Waals surface area contributed by atoms with Gasteiger partial charge in [-0.25, -0.2) is 0 Å². The Bertz CT molecular complexity index is 690. The molecule has 0 saturated heterocycles. The molecular weight excluding hydrogens is 236 g/mol. The first-order valence-electron chi connectivity index (χ1n) is 5.11. The molecule has 5 heteroatoms. The van der Waals surface area contributed by atoms with Crippen LogP contribution >= 0.6 is 11.6 Å². The van der Waals surface area contributed by atoms with Crippen molar-refractivity contribution in [2.45, 2.75) is 0 Å². The fourth-order valence-electron chi connectivity index (χ4n) is 1.89. The maximum atomic E-state index is 5.85. The van der Waals surface area contributed by atoms with Crippen LogP contribution in [-0.2, 0) is 0 Å². The Hall–Kier alpha value is -2.07. The quantitative estimate of drug-likeness (QED) is 0.692. The van der Waals surface area contributed by atoms with E-state index in [1.54, 1.807) is 6.07 Å². The van der Waals surface area contributed by atoms with Crippen LogP contribution in [0.15, 0.2) is 36.5 Å². The van der Waals surface area contributed by atoms with Crippen molar-refractivity contribution in [2.24, 2.45) is 0 Å². The number of nitrogen functional groups attached to an aromatic ring is 1. The molecule has 84 valence electrons. The van der Waals surface area contributed by atoms with Crippen LogP contribution in [0.1, 0.15) is 0 Å². The standard InChI is InChI=1S/C12H9ClN4/c13-11-5-8(12(14)17-16-11)9-6-15-10-4-2-1-3-7(9)10/h1-6,15H,(H2,14,17). The number of benzene rings is 1. The third kappa shape index (κ3) is 1.62. The van der Waals surface area contributed by atoms with E-state index in [1.807, 2.05) is 30.5 Å². The van der Waals surface area contributed by atoms with Crippen LogP contribution in [0.3, 0.4) is 0 Å². The fourth-order valence-corrected chi connectivity index (χ4v) is 2.03. The number of H-pyrrole nitrogens is 1. The number of para-hydroxylation sites is 1. The minimum absolute atomic E-state index is 0.333. The van der Waals surface area contributed by atoms with Gasteiger partial charge in [-0.3, -0.25) is 0 Å². The summed E-state index contributed by atoms with van der Waals surface area (Å²) in [6.45, 7) is 0. The Kier molecular flexibility index (Phi) is 2.23. The second kappa shape index (κ2) is 3.75. The zero-order valence-electron chi connectivity index (χ0n) is 8.81. The average Bonchev–Trinajstić information content (AvgIpc) is 2.76. The molecule has 0 aliphatic heterocycles. The summed E-state index contributed by atoms with van der Waals surface area (Å²) in [5, 5.41) is 8.95. The molecule has 0 bridgehead atoms. The first-order chi connectivity index (χ1) is 8.25. The van der Waals surface area contributed by atoms with Crippen LogP contribution in [0.2, 0.25) is 5.15 Å². The number of hydrogen-bond donors (Lipinski definition) is 2. The third-order valence-corrected chi connectivity index (χ3v) is 2.86. The van der Waals surface area contributed by atoms with E-state index in [4.69, 9.17) is 17.3 Å². The molecule has 0 aliphatic carbocycles. The Balaban J connectivity index is 2.31.